The number of aromatic nitrogens is 1. The predicted molar refractivity (Wildman–Crippen MR) is 78.4 cm³/mol. The summed E-state index contributed by atoms with van der Waals surface area (Å²) in [5, 5.41) is 3.33. The Hall–Kier alpha value is -1.09. The van der Waals surface area contributed by atoms with Crippen LogP contribution in [0, 0.1) is 12.8 Å². The number of aryl methyl sites for hydroxylation is 1. The average molecular weight is 262 g/mol. The van der Waals surface area contributed by atoms with Gasteiger partial charge in [0, 0.05) is 18.3 Å². The van der Waals surface area contributed by atoms with E-state index in [1.165, 1.54) is 31.2 Å². The highest BCUT2D eigenvalue weighted by molar-refractivity contribution is 5.25. The van der Waals surface area contributed by atoms with E-state index in [0.29, 0.717) is 12.0 Å². The quantitative estimate of drug-likeness (QED) is 0.882. The molecule has 0 amide bonds. The highest BCUT2D eigenvalue weighted by atomic mass is 16.5. The molecule has 3 heteroatoms. The van der Waals surface area contributed by atoms with Crippen LogP contribution < -0.4 is 10.1 Å². The van der Waals surface area contributed by atoms with Crippen LogP contribution in [0.4, 0.5) is 0 Å². The summed E-state index contributed by atoms with van der Waals surface area (Å²) in [7, 11) is 0. The zero-order valence-corrected chi connectivity index (χ0v) is 12.4. The lowest BCUT2D eigenvalue weighted by Crippen LogP contribution is -2.28. The van der Waals surface area contributed by atoms with Crippen LogP contribution in [0.25, 0.3) is 0 Å². The van der Waals surface area contributed by atoms with E-state index in [2.05, 4.69) is 37.1 Å². The van der Waals surface area contributed by atoms with E-state index in [-0.39, 0.29) is 0 Å². The number of hydrogen-bond acceptors (Lipinski definition) is 3. The fourth-order valence-electron chi connectivity index (χ4n) is 2.69. The minimum Gasteiger partial charge on any atom is -0.474 e. The zero-order chi connectivity index (χ0) is 13.7. The standard InChI is InChI=1S/C16H26N2O/c1-4-17-11-14-9-10-16(18-13(14)3)19-15-8-6-5-7-12(15)2/h9-10,12,15,17H,4-8,11H2,1-3H3. The molecule has 3 nitrogen and oxygen atoms in total. The third-order valence-corrected chi connectivity index (χ3v) is 4.04. The van der Waals surface area contributed by atoms with Crippen LogP contribution in [0.15, 0.2) is 12.1 Å². The largest absolute Gasteiger partial charge is 0.474 e. The molecule has 1 N–H and O–H groups in total. The van der Waals surface area contributed by atoms with Gasteiger partial charge in [-0.25, -0.2) is 4.98 Å². The Labute approximate surface area is 116 Å². The third-order valence-electron chi connectivity index (χ3n) is 4.04. The molecule has 0 spiro atoms. The molecule has 2 atom stereocenters. The van der Waals surface area contributed by atoms with Gasteiger partial charge < -0.3 is 10.1 Å². The molecular formula is C16H26N2O. The van der Waals surface area contributed by atoms with Gasteiger partial charge in [-0.15, -0.1) is 0 Å². The molecule has 0 bridgehead atoms. The molecule has 106 valence electrons. The molecule has 0 aliphatic heterocycles. The first kappa shape index (κ1) is 14.3. The van der Waals surface area contributed by atoms with Gasteiger partial charge >= 0.3 is 0 Å². The van der Waals surface area contributed by atoms with Crippen molar-refractivity contribution in [3.63, 3.8) is 0 Å². The molecular weight excluding hydrogens is 236 g/mol. The Morgan fingerprint density at radius 1 is 1.32 bits per heavy atom. The maximum absolute atomic E-state index is 6.08. The maximum atomic E-state index is 6.08. The Kier molecular flexibility index (Phi) is 5.20. The fraction of sp³-hybridized carbons (Fsp3) is 0.688. The molecule has 2 unspecified atom stereocenters. The topological polar surface area (TPSA) is 34.1 Å². The van der Waals surface area contributed by atoms with E-state index in [0.717, 1.165) is 24.7 Å². The Morgan fingerprint density at radius 3 is 2.79 bits per heavy atom. The molecule has 19 heavy (non-hydrogen) atoms. The van der Waals surface area contributed by atoms with Gasteiger partial charge in [0.15, 0.2) is 0 Å². The summed E-state index contributed by atoms with van der Waals surface area (Å²) in [6.07, 6.45) is 5.42. The molecule has 1 aliphatic carbocycles. The minimum atomic E-state index is 0.347. The fourth-order valence-corrected chi connectivity index (χ4v) is 2.69. The molecule has 1 heterocycles. The lowest BCUT2D eigenvalue weighted by molar-refractivity contribution is 0.0974. The lowest BCUT2D eigenvalue weighted by Gasteiger charge is -2.29. The van der Waals surface area contributed by atoms with E-state index in [9.17, 15) is 0 Å². The minimum absolute atomic E-state index is 0.347. The van der Waals surface area contributed by atoms with Gasteiger partial charge in [0.05, 0.1) is 0 Å². The van der Waals surface area contributed by atoms with E-state index in [1.54, 1.807) is 0 Å². The molecule has 1 aliphatic rings. The van der Waals surface area contributed by atoms with Crippen LogP contribution >= 0.6 is 0 Å². The maximum Gasteiger partial charge on any atom is 0.213 e. The van der Waals surface area contributed by atoms with E-state index >= 15 is 0 Å². The smallest absolute Gasteiger partial charge is 0.213 e. The van der Waals surface area contributed by atoms with Crippen LogP contribution in [0.1, 0.15) is 50.8 Å². The number of ether oxygens (including phenoxy) is 1. The molecule has 2 rings (SSSR count). The summed E-state index contributed by atoms with van der Waals surface area (Å²) < 4.78 is 6.08. The first-order valence-corrected chi connectivity index (χ1v) is 7.54. The van der Waals surface area contributed by atoms with Gasteiger partial charge in [-0.3, -0.25) is 0 Å². The second-order valence-corrected chi connectivity index (χ2v) is 5.59. The second-order valence-electron chi connectivity index (χ2n) is 5.59. The monoisotopic (exact) mass is 262 g/mol. The Morgan fingerprint density at radius 2 is 2.11 bits per heavy atom. The van der Waals surface area contributed by atoms with Crippen molar-refractivity contribution in [3.05, 3.63) is 23.4 Å². The van der Waals surface area contributed by atoms with Crippen molar-refractivity contribution in [1.82, 2.24) is 10.3 Å². The summed E-state index contributed by atoms with van der Waals surface area (Å²) in [4.78, 5) is 4.59. The Bertz CT molecular complexity index is 406. The van der Waals surface area contributed by atoms with Gasteiger partial charge in [0.2, 0.25) is 5.88 Å². The van der Waals surface area contributed by atoms with Crippen LogP contribution in [0.5, 0.6) is 5.88 Å². The first-order chi connectivity index (χ1) is 9.20. The first-order valence-electron chi connectivity index (χ1n) is 7.54. The van der Waals surface area contributed by atoms with Gasteiger partial charge in [-0.05, 0) is 44.2 Å². The highest BCUT2D eigenvalue weighted by Crippen LogP contribution is 2.27. The van der Waals surface area contributed by atoms with Crippen molar-refractivity contribution in [3.8, 4) is 5.88 Å². The van der Waals surface area contributed by atoms with Gasteiger partial charge in [0.25, 0.3) is 0 Å². The van der Waals surface area contributed by atoms with Gasteiger partial charge in [-0.2, -0.15) is 0 Å². The molecule has 1 aromatic heterocycles. The van der Waals surface area contributed by atoms with E-state index in [4.69, 9.17) is 4.74 Å². The molecule has 1 aromatic rings. The van der Waals surface area contributed by atoms with Crippen molar-refractivity contribution >= 4 is 0 Å². The van der Waals surface area contributed by atoms with Crippen molar-refractivity contribution in [1.29, 1.82) is 0 Å². The van der Waals surface area contributed by atoms with Gasteiger partial charge in [0.1, 0.15) is 6.10 Å². The van der Waals surface area contributed by atoms with Crippen molar-refractivity contribution in [2.24, 2.45) is 5.92 Å². The van der Waals surface area contributed by atoms with Crippen molar-refractivity contribution < 1.29 is 4.74 Å². The molecule has 0 aromatic carbocycles. The normalized spacial score (nSPS) is 23.3. The molecule has 1 saturated carbocycles. The number of hydrogen-bond donors (Lipinski definition) is 1. The summed E-state index contributed by atoms with van der Waals surface area (Å²) in [5.41, 5.74) is 2.33. The SMILES string of the molecule is CCNCc1ccc(OC2CCCCC2C)nc1C. The van der Waals surface area contributed by atoms with Gasteiger partial charge in [-0.1, -0.05) is 26.3 Å². The number of rotatable bonds is 5. The molecule has 0 radical (unpaired) electrons. The summed E-state index contributed by atoms with van der Waals surface area (Å²) >= 11 is 0. The summed E-state index contributed by atoms with van der Waals surface area (Å²) in [6, 6.07) is 4.15. The van der Waals surface area contributed by atoms with Crippen LogP contribution in [-0.2, 0) is 6.54 Å². The van der Waals surface area contributed by atoms with E-state index < -0.39 is 0 Å². The van der Waals surface area contributed by atoms with Crippen LogP contribution in [0.2, 0.25) is 0 Å². The van der Waals surface area contributed by atoms with E-state index in [1.807, 2.05) is 6.07 Å². The second kappa shape index (κ2) is 6.90. The van der Waals surface area contributed by atoms with Crippen LogP contribution in [-0.4, -0.2) is 17.6 Å². The van der Waals surface area contributed by atoms with Crippen molar-refractivity contribution in [2.45, 2.75) is 59.1 Å². The number of pyridine rings is 1. The number of nitrogens with one attached hydrogen (secondary N) is 1. The van der Waals surface area contributed by atoms with Crippen LogP contribution in [0.3, 0.4) is 0 Å². The van der Waals surface area contributed by atoms with Crippen molar-refractivity contribution in [2.75, 3.05) is 6.54 Å². The Balaban J connectivity index is 1.99. The molecule has 1 fully saturated rings. The average Bonchev–Trinajstić information content (AvgIpc) is 2.40. The highest BCUT2D eigenvalue weighted by Gasteiger charge is 2.23. The summed E-state index contributed by atoms with van der Waals surface area (Å²) in [5.74, 6) is 1.44. The molecule has 0 saturated heterocycles. The predicted octanol–water partition coefficient (Wildman–Crippen LogP) is 3.46. The zero-order valence-electron chi connectivity index (χ0n) is 12.4. The number of nitrogens with zero attached hydrogens (tertiary/aromatic N) is 1. The third kappa shape index (κ3) is 3.93. The lowest BCUT2D eigenvalue weighted by atomic mass is 9.88. The summed E-state index contributed by atoms with van der Waals surface area (Å²) in [6.45, 7) is 8.33.